The van der Waals surface area contributed by atoms with Crippen LogP contribution in [0.5, 0.6) is 0 Å². The first-order chi connectivity index (χ1) is 10.1. The van der Waals surface area contributed by atoms with E-state index in [2.05, 4.69) is 34.8 Å². The van der Waals surface area contributed by atoms with Gasteiger partial charge < -0.3 is 5.73 Å². The van der Waals surface area contributed by atoms with Crippen LogP contribution in [0.15, 0.2) is 29.4 Å². The van der Waals surface area contributed by atoms with Crippen LogP contribution >= 0.6 is 11.8 Å². The van der Waals surface area contributed by atoms with Gasteiger partial charge >= 0.3 is 0 Å². The standard InChI is InChI=1S/C17H19N3S/c1-12-13(2)19-17(20-14(12)3)21-11-16-8-5-4-7-15(16)9-6-10-18/h4-5,7-8H,10-11,18H2,1-3H3. The molecule has 1 heterocycles. The molecule has 2 rings (SSSR count). The average molecular weight is 297 g/mol. The molecule has 0 saturated heterocycles. The summed E-state index contributed by atoms with van der Waals surface area (Å²) in [5.41, 5.74) is 10.9. The maximum absolute atomic E-state index is 5.44. The maximum atomic E-state index is 5.44. The molecule has 0 bridgehead atoms. The zero-order valence-corrected chi connectivity index (χ0v) is 13.4. The molecule has 1 aromatic heterocycles. The number of hydrogen-bond donors (Lipinski definition) is 1. The monoisotopic (exact) mass is 297 g/mol. The fourth-order valence-electron chi connectivity index (χ4n) is 1.86. The molecule has 0 aliphatic rings. The van der Waals surface area contributed by atoms with Gasteiger partial charge in [-0.05, 0) is 38.0 Å². The van der Waals surface area contributed by atoms with E-state index < -0.39 is 0 Å². The highest BCUT2D eigenvalue weighted by Crippen LogP contribution is 2.23. The first kappa shape index (κ1) is 15.6. The topological polar surface area (TPSA) is 51.8 Å². The number of rotatable bonds is 3. The summed E-state index contributed by atoms with van der Waals surface area (Å²) in [5.74, 6) is 6.82. The first-order valence-electron chi connectivity index (χ1n) is 6.83. The lowest BCUT2D eigenvalue weighted by Gasteiger charge is -2.07. The van der Waals surface area contributed by atoms with Crippen molar-refractivity contribution >= 4 is 11.8 Å². The summed E-state index contributed by atoms with van der Waals surface area (Å²) in [6.45, 7) is 6.47. The Labute approximate surface area is 130 Å². The van der Waals surface area contributed by atoms with Gasteiger partial charge in [0.2, 0.25) is 0 Å². The van der Waals surface area contributed by atoms with E-state index in [-0.39, 0.29) is 0 Å². The Morgan fingerprint density at radius 1 is 1.10 bits per heavy atom. The van der Waals surface area contributed by atoms with Crippen LogP contribution in [-0.2, 0) is 5.75 Å². The van der Waals surface area contributed by atoms with Gasteiger partial charge in [0.1, 0.15) is 0 Å². The summed E-state index contributed by atoms with van der Waals surface area (Å²) >= 11 is 1.64. The second-order valence-corrected chi connectivity index (χ2v) is 5.70. The molecule has 0 atom stereocenters. The van der Waals surface area contributed by atoms with Gasteiger partial charge in [-0.15, -0.1) is 0 Å². The van der Waals surface area contributed by atoms with E-state index in [1.54, 1.807) is 11.8 Å². The smallest absolute Gasteiger partial charge is 0.188 e. The molecule has 2 N–H and O–H groups in total. The van der Waals surface area contributed by atoms with E-state index in [0.29, 0.717) is 6.54 Å². The van der Waals surface area contributed by atoms with Crippen molar-refractivity contribution < 1.29 is 0 Å². The molecule has 3 nitrogen and oxygen atoms in total. The molecule has 0 radical (unpaired) electrons. The van der Waals surface area contributed by atoms with Crippen molar-refractivity contribution in [1.82, 2.24) is 9.97 Å². The largest absolute Gasteiger partial charge is 0.320 e. The second kappa shape index (κ2) is 7.26. The molecule has 108 valence electrons. The van der Waals surface area contributed by atoms with E-state index in [1.165, 1.54) is 5.56 Å². The van der Waals surface area contributed by atoms with Crippen molar-refractivity contribution in [2.45, 2.75) is 31.7 Å². The quantitative estimate of drug-likeness (QED) is 0.537. The summed E-state index contributed by atoms with van der Waals surface area (Å²) in [5, 5.41) is 0.817. The molecule has 0 aliphatic heterocycles. The number of aryl methyl sites for hydroxylation is 2. The summed E-state index contributed by atoms with van der Waals surface area (Å²) in [6, 6.07) is 8.12. The zero-order valence-electron chi connectivity index (χ0n) is 12.6. The Morgan fingerprint density at radius 3 is 2.43 bits per heavy atom. The van der Waals surface area contributed by atoms with E-state index in [0.717, 1.165) is 33.4 Å². The third-order valence-corrected chi connectivity index (χ3v) is 4.21. The molecule has 0 saturated carbocycles. The molecule has 0 aliphatic carbocycles. The minimum absolute atomic E-state index is 0.376. The number of nitrogens with zero attached hydrogens (tertiary/aromatic N) is 2. The predicted molar refractivity (Wildman–Crippen MR) is 88.2 cm³/mol. The lowest BCUT2D eigenvalue weighted by molar-refractivity contribution is 0.880. The summed E-state index contributed by atoms with van der Waals surface area (Å²) in [4.78, 5) is 9.07. The molecule has 0 amide bonds. The number of nitrogens with two attached hydrogens (primary N) is 1. The SMILES string of the molecule is Cc1nc(SCc2ccccc2C#CCN)nc(C)c1C. The average Bonchev–Trinajstić information content (AvgIpc) is 2.49. The molecule has 2 aromatic rings. The lowest BCUT2D eigenvalue weighted by Crippen LogP contribution is -1.98. The van der Waals surface area contributed by atoms with E-state index in [1.807, 2.05) is 32.0 Å². The van der Waals surface area contributed by atoms with Gasteiger partial charge in [-0.2, -0.15) is 0 Å². The van der Waals surface area contributed by atoms with Gasteiger partial charge in [-0.1, -0.05) is 41.8 Å². The van der Waals surface area contributed by atoms with E-state index in [9.17, 15) is 0 Å². The van der Waals surface area contributed by atoms with Crippen LogP contribution in [0.2, 0.25) is 0 Å². The van der Waals surface area contributed by atoms with Gasteiger partial charge in [-0.3, -0.25) is 0 Å². The Balaban J connectivity index is 2.17. The second-order valence-electron chi connectivity index (χ2n) is 4.75. The summed E-state index contributed by atoms with van der Waals surface area (Å²) in [7, 11) is 0. The van der Waals surface area contributed by atoms with Crippen molar-refractivity contribution in [2.75, 3.05) is 6.54 Å². The Morgan fingerprint density at radius 2 is 1.76 bits per heavy atom. The maximum Gasteiger partial charge on any atom is 0.188 e. The van der Waals surface area contributed by atoms with Crippen molar-refractivity contribution in [3.63, 3.8) is 0 Å². The molecule has 4 heteroatoms. The van der Waals surface area contributed by atoms with Crippen molar-refractivity contribution in [2.24, 2.45) is 5.73 Å². The molecule has 21 heavy (non-hydrogen) atoms. The first-order valence-corrected chi connectivity index (χ1v) is 7.82. The highest BCUT2D eigenvalue weighted by atomic mass is 32.2. The van der Waals surface area contributed by atoms with Gasteiger partial charge in [-0.25, -0.2) is 9.97 Å². The van der Waals surface area contributed by atoms with Gasteiger partial charge in [0.05, 0.1) is 6.54 Å². The van der Waals surface area contributed by atoms with Gasteiger partial charge in [0, 0.05) is 22.7 Å². The van der Waals surface area contributed by atoms with E-state index in [4.69, 9.17) is 5.73 Å². The van der Waals surface area contributed by atoms with Crippen molar-refractivity contribution in [3.05, 3.63) is 52.3 Å². The highest BCUT2D eigenvalue weighted by Gasteiger charge is 2.06. The van der Waals surface area contributed by atoms with Crippen LogP contribution in [0.25, 0.3) is 0 Å². The van der Waals surface area contributed by atoms with Crippen LogP contribution in [-0.4, -0.2) is 16.5 Å². The summed E-state index contributed by atoms with van der Waals surface area (Å²) in [6.07, 6.45) is 0. The molecular weight excluding hydrogens is 278 g/mol. The lowest BCUT2D eigenvalue weighted by atomic mass is 10.1. The molecule has 0 unspecified atom stereocenters. The van der Waals surface area contributed by atoms with Crippen LogP contribution in [0.1, 0.15) is 28.1 Å². The Hall–Kier alpha value is -1.83. The minimum atomic E-state index is 0.376. The molecule has 1 aromatic carbocycles. The van der Waals surface area contributed by atoms with Crippen molar-refractivity contribution in [3.8, 4) is 11.8 Å². The van der Waals surface area contributed by atoms with Crippen LogP contribution in [0, 0.1) is 32.6 Å². The number of thioether (sulfide) groups is 1. The number of benzene rings is 1. The van der Waals surface area contributed by atoms with Crippen LogP contribution in [0.4, 0.5) is 0 Å². The fraction of sp³-hybridized carbons (Fsp3) is 0.294. The zero-order chi connectivity index (χ0) is 15.2. The number of aromatic nitrogens is 2. The number of hydrogen-bond acceptors (Lipinski definition) is 4. The Bertz CT molecular complexity index is 676. The predicted octanol–water partition coefficient (Wildman–Crippen LogP) is 3.00. The van der Waals surface area contributed by atoms with Gasteiger partial charge in [0.25, 0.3) is 0 Å². The highest BCUT2D eigenvalue weighted by molar-refractivity contribution is 7.98. The fourth-order valence-corrected chi connectivity index (χ4v) is 2.80. The van der Waals surface area contributed by atoms with Crippen molar-refractivity contribution in [1.29, 1.82) is 0 Å². The summed E-state index contributed by atoms with van der Waals surface area (Å²) < 4.78 is 0. The van der Waals surface area contributed by atoms with E-state index >= 15 is 0 Å². The minimum Gasteiger partial charge on any atom is -0.320 e. The molecule has 0 spiro atoms. The third-order valence-electron chi connectivity index (χ3n) is 3.31. The molecule has 0 fully saturated rings. The van der Waals surface area contributed by atoms with Gasteiger partial charge in [0.15, 0.2) is 5.16 Å². The molecular formula is C17H19N3S. The van der Waals surface area contributed by atoms with Crippen LogP contribution < -0.4 is 5.73 Å². The Kier molecular flexibility index (Phi) is 5.38. The third kappa shape index (κ3) is 4.07. The normalized spacial score (nSPS) is 10.1. The van der Waals surface area contributed by atoms with Crippen LogP contribution in [0.3, 0.4) is 0 Å².